The van der Waals surface area contributed by atoms with E-state index in [1.807, 2.05) is 42.5 Å². The molecule has 0 radical (unpaired) electrons. The lowest BCUT2D eigenvalue weighted by Gasteiger charge is -2.09. The molecule has 2 aromatic carbocycles. The molecule has 24 heavy (non-hydrogen) atoms. The molecule has 3 rings (SSSR count). The molecule has 0 bridgehead atoms. The number of ether oxygens (including phenoxy) is 1. The van der Waals surface area contributed by atoms with Gasteiger partial charge in [-0.25, -0.2) is 4.79 Å². The third kappa shape index (κ3) is 3.81. The topological polar surface area (TPSA) is 39.2 Å². The second-order valence-electron chi connectivity index (χ2n) is 5.08. The van der Waals surface area contributed by atoms with Crippen molar-refractivity contribution in [3.05, 3.63) is 78.1 Å². The summed E-state index contributed by atoms with van der Waals surface area (Å²) in [6, 6.07) is 17.8. The normalized spacial score (nSPS) is 11.0. The number of pyridine rings is 1. The number of nitrogens with zero attached hydrogens (tertiary/aromatic N) is 1. The summed E-state index contributed by atoms with van der Waals surface area (Å²) in [5, 5.41) is 2.24. The van der Waals surface area contributed by atoms with Gasteiger partial charge in [0.05, 0.1) is 12.2 Å². The summed E-state index contributed by atoms with van der Waals surface area (Å²) in [7, 11) is 0. The molecule has 1 aromatic heterocycles. The summed E-state index contributed by atoms with van der Waals surface area (Å²) >= 11 is 0. The molecule has 0 spiro atoms. The highest BCUT2D eigenvalue weighted by molar-refractivity contribution is 6.22. The Morgan fingerprint density at radius 2 is 1.75 bits per heavy atom. The van der Waals surface area contributed by atoms with Crippen molar-refractivity contribution in [1.82, 2.24) is 4.98 Å². The fraction of sp³-hybridized carbons (Fsp3) is 0.100. The average Bonchev–Trinajstić information content (AvgIpc) is 2.60. The van der Waals surface area contributed by atoms with E-state index in [1.54, 1.807) is 19.3 Å². The standard InChI is InChI=1S/C20H17NO2.ClH/c1-2-23-20(22)19(16-10-12-21-13-11-16)14-17-8-5-7-15-6-3-4-9-18(15)17;/h3-14H,2H2,1H3;1H/b19-14-;. The molecule has 0 aliphatic heterocycles. The lowest BCUT2D eigenvalue weighted by Crippen LogP contribution is -2.07. The molecule has 0 fully saturated rings. The van der Waals surface area contributed by atoms with Crippen molar-refractivity contribution in [2.24, 2.45) is 0 Å². The fourth-order valence-corrected chi connectivity index (χ4v) is 2.53. The summed E-state index contributed by atoms with van der Waals surface area (Å²) < 4.78 is 5.22. The molecule has 0 aliphatic carbocycles. The predicted octanol–water partition coefficient (Wildman–Crippen LogP) is 4.76. The fourth-order valence-electron chi connectivity index (χ4n) is 2.53. The first-order chi connectivity index (χ1) is 11.3. The summed E-state index contributed by atoms with van der Waals surface area (Å²) in [5.41, 5.74) is 2.32. The van der Waals surface area contributed by atoms with Gasteiger partial charge in [-0.2, -0.15) is 0 Å². The summed E-state index contributed by atoms with van der Waals surface area (Å²) in [4.78, 5) is 16.4. The monoisotopic (exact) mass is 339 g/mol. The number of carbonyl (C=O) groups is 1. The number of aromatic nitrogens is 1. The lowest BCUT2D eigenvalue weighted by atomic mass is 9.99. The van der Waals surface area contributed by atoms with Crippen molar-refractivity contribution in [3.8, 4) is 0 Å². The second-order valence-corrected chi connectivity index (χ2v) is 5.08. The van der Waals surface area contributed by atoms with Gasteiger partial charge in [-0.1, -0.05) is 42.5 Å². The van der Waals surface area contributed by atoms with Crippen LogP contribution in [0.5, 0.6) is 0 Å². The number of hydrogen-bond acceptors (Lipinski definition) is 3. The third-order valence-electron chi connectivity index (χ3n) is 3.61. The van der Waals surface area contributed by atoms with Gasteiger partial charge in [-0.05, 0) is 47.0 Å². The number of rotatable bonds is 4. The number of carbonyl (C=O) groups excluding carboxylic acids is 1. The van der Waals surface area contributed by atoms with E-state index in [1.165, 1.54) is 0 Å². The van der Waals surface area contributed by atoms with Crippen molar-refractivity contribution >= 4 is 40.8 Å². The average molecular weight is 340 g/mol. The zero-order chi connectivity index (χ0) is 16.1. The molecule has 0 saturated heterocycles. The highest BCUT2D eigenvalue weighted by Gasteiger charge is 2.13. The van der Waals surface area contributed by atoms with Crippen molar-refractivity contribution in [2.45, 2.75) is 6.92 Å². The molecular formula is C20H18ClNO2. The van der Waals surface area contributed by atoms with Crippen LogP contribution in [0.3, 0.4) is 0 Å². The van der Waals surface area contributed by atoms with E-state index in [9.17, 15) is 4.79 Å². The van der Waals surface area contributed by atoms with Gasteiger partial charge in [0.15, 0.2) is 0 Å². The van der Waals surface area contributed by atoms with Gasteiger partial charge in [-0.15, -0.1) is 12.4 Å². The molecule has 0 atom stereocenters. The van der Waals surface area contributed by atoms with Gasteiger partial charge in [0.1, 0.15) is 0 Å². The van der Waals surface area contributed by atoms with Gasteiger partial charge in [0.2, 0.25) is 0 Å². The van der Waals surface area contributed by atoms with Crippen molar-refractivity contribution in [1.29, 1.82) is 0 Å². The lowest BCUT2D eigenvalue weighted by molar-refractivity contribution is -0.136. The Bertz CT molecular complexity index is 854. The maximum atomic E-state index is 12.4. The Hall–Kier alpha value is -2.65. The largest absolute Gasteiger partial charge is 0.462 e. The van der Waals surface area contributed by atoms with Gasteiger partial charge < -0.3 is 4.74 Å². The van der Waals surface area contributed by atoms with Crippen LogP contribution >= 0.6 is 12.4 Å². The maximum Gasteiger partial charge on any atom is 0.338 e. The van der Waals surface area contributed by atoms with Crippen molar-refractivity contribution in [2.75, 3.05) is 6.61 Å². The van der Waals surface area contributed by atoms with Crippen LogP contribution in [0.2, 0.25) is 0 Å². The van der Waals surface area contributed by atoms with E-state index >= 15 is 0 Å². The number of hydrogen-bond donors (Lipinski definition) is 0. The Balaban J connectivity index is 0.00000208. The Kier molecular flexibility index (Phi) is 6.10. The summed E-state index contributed by atoms with van der Waals surface area (Å²) in [5.74, 6) is -0.327. The van der Waals surface area contributed by atoms with Crippen LogP contribution in [0.1, 0.15) is 18.1 Å². The molecule has 0 N–H and O–H groups in total. The maximum absolute atomic E-state index is 12.4. The van der Waals surface area contributed by atoms with Gasteiger partial charge in [0.25, 0.3) is 0 Å². The van der Waals surface area contributed by atoms with Crippen LogP contribution in [-0.4, -0.2) is 17.6 Å². The molecule has 122 valence electrons. The second kappa shape index (κ2) is 8.27. The number of esters is 1. The van der Waals surface area contributed by atoms with E-state index in [0.717, 1.165) is 21.9 Å². The van der Waals surface area contributed by atoms with Crippen molar-refractivity contribution in [3.63, 3.8) is 0 Å². The number of benzene rings is 2. The predicted molar refractivity (Wildman–Crippen MR) is 99.9 cm³/mol. The Morgan fingerprint density at radius 1 is 1.04 bits per heavy atom. The summed E-state index contributed by atoms with van der Waals surface area (Å²) in [6.07, 6.45) is 5.23. The van der Waals surface area contributed by atoms with E-state index in [2.05, 4.69) is 23.2 Å². The Labute approximate surface area is 147 Å². The van der Waals surface area contributed by atoms with Crippen LogP contribution < -0.4 is 0 Å². The summed E-state index contributed by atoms with van der Waals surface area (Å²) in [6.45, 7) is 2.15. The van der Waals surface area contributed by atoms with E-state index in [0.29, 0.717) is 12.2 Å². The minimum Gasteiger partial charge on any atom is -0.462 e. The first kappa shape index (κ1) is 17.7. The number of halogens is 1. The quantitative estimate of drug-likeness (QED) is 0.508. The van der Waals surface area contributed by atoms with Gasteiger partial charge in [-0.3, -0.25) is 4.98 Å². The smallest absolute Gasteiger partial charge is 0.338 e. The van der Waals surface area contributed by atoms with Crippen LogP contribution in [-0.2, 0) is 9.53 Å². The first-order valence-electron chi connectivity index (χ1n) is 7.56. The van der Waals surface area contributed by atoms with E-state index in [4.69, 9.17) is 4.74 Å². The third-order valence-corrected chi connectivity index (χ3v) is 3.61. The zero-order valence-corrected chi connectivity index (χ0v) is 14.1. The highest BCUT2D eigenvalue weighted by atomic mass is 35.5. The number of fused-ring (bicyclic) bond motifs is 1. The SMILES string of the molecule is CCOC(=O)/C(=C\c1cccc2ccccc12)c1ccncc1.Cl. The minimum absolute atomic E-state index is 0. The molecular weight excluding hydrogens is 322 g/mol. The molecule has 1 heterocycles. The molecule has 4 heteroatoms. The van der Waals surface area contributed by atoms with E-state index < -0.39 is 0 Å². The molecule has 0 saturated carbocycles. The molecule has 0 aliphatic rings. The molecule has 0 unspecified atom stereocenters. The van der Waals surface area contributed by atoms with Gasteiger partial charge >= 0.3 is 5.97 Å². The Morgan fingerprint density at radius 3 is 2.50 bits per heavy atom. The zero-order valence-electron chi connectivity index (χ0n) is 13.3. The molecule has 3 aromatic rings. The highest BCUT2D eigenvalue weighted by Crippen LogP contribution is 2.25. The van der Waals surface area contributed by atoms with Crippen LogP contribution in [0.4, 0.5) is 0 Å². The van der Waals surface area contributed by atoms with Crippen LogP contribution in [0, 0.1) is 0 Å². The van der Waals surface area contributed by atoms with Gasteiger partial charge in [0, 0.05) is 12.4 Å². The van der Waals surface area contributed by atoms with Crippen LogP contribution in [0.15, 0.2) is 67.0 Å². The van der Waals surface area contributed by atoms with Crippen molar-refractivity contribution < 1.29 is 9.53 Å². The minimum atomic E-state index is -0.327. The molecule has 3 nitrogen and oxygen atoms in total. The van der Waals surface area contributed by atoms with E-state index in [-0.39, 0.29) is 18.4 Å². The first-order valence-corrected chi connectivity index (χ1v) is 7.56. The molecule has 0 amide bonds. The van der Waals surface area contributed by atoms with Crippen LogP contribution in [0.25, 0.3) is 22.4 Å².